The Hall–Kier alpha value is -1.95. The Morgan fingerprint density at radius 2 is 1.81 bits per heavy atom. The zero-order chi connectivity index (χ0) is 15.4. The molecule has 0 aliphatic carbocycles. The van der Waals surface area contributed by atoms with Crippen molar-refractivity contribution in [3.63, 3.8) is 0 Å². The standard InChI is InChI=1S/C15H19FN2O3/c1-10-8-18(9-11(2)21-10)14(19)7-17-15(20)12-3-5-13(16)6-4-12/h3-6,10-11H,7-9H2,1-2H3,(H,17,20). The molecule has 0 bridgehead atoms. The maximum Gasteiger partial charge on any atom is 0.251 e. The van der Waals surface area contributed by atoms with Gasteiger partial charge in [-0.25, -0.2) is 4.39 Å². The summed E-state index contributed by atoms with van der Waals surface area (Å²) in [5.74, 6) is -0.941. The van der Waals surface area contributed by atoms with Gasteiger partial charge in [-0.15, -0.1) is 0 Å². The number of nitrogens with one attached hydrogen (secondary N) is 1. The minimum Gasteiger partial charge on any atom is -0.372 e. The highest BCUT2D eigenvalue weighted by Gasteiger charge is 2.25. The molecule has 114 valence electrons. The molecule has 0 saturated carbocycles. The lowest BCUT2D eigenvalue weighted by Crippen LogP contribution is -2.51. The van der Waals surface area contributed by atoms with E-state index in [0.717, 1.165) is 0 Å². The third-order valence-corrected chi connectivity index (χ3v) is 3.28. The Morgan fingerprint density at radius 1 is 1.24 bits per heavy atom. The fourth-order valence-electron chi connectivity index (χ4n) is 2.35. The predicted octanol–water partition coefficient (Wildman–Crippen LogP) is 1.19. The van der Waals surface area contributed by atoms with Crippen LogP contribution in [-0.4, -0.2) is 48.6 Å². The Bertz CT molecular complexity index is 508. The first kappa shape index (κ1) is 15.4. The van der Waals surface area contributed by atoms with Gasteiger partial charge < -0.3 is 15.0 Å². The van der Waals surface area contributed by atoms with Gasteiger partial charge in [-0.05, 0) is 38.1 Å². The fourth-order valence-corrected chi connectivity index (χ4v) is 2.35. The molecule has 21 heavy (non-hydrogen) atoms. The number of ether oxygens (including phenoxy) is 1. The van der Waals surface area contributed by atoms with Gasteiger partial charge >= 0.3 is 0 Å². The average Bonchev–Trinajstić information content (AvgIpc) is 2.44. The third-order valence-electron chi connectivity index (χ3n) is 3.28. The van der Waals surface area contributed by atoms with Crippen LogP contribution in [0.3, 0.4) is 0 Å². The summed E-state index contributed by atoms with van der Waals surface area (Å²) in [4.78, 5) is 25.6. The summed E-state index contributed by atoms with van der Waals surface area (Å²) in [6.07, 6.45) is -0.0176. The summed E-state index contributed by atoms with van der Waals surface area (Å²) in [5, 5.41) is 2.55. The van der Waals surface area contributed by atoms with E-state index in [4.69, 9.17) is 4.74 Å². The summed E-state index contributed by atoms with van der Waals surface area (Å²) in [5.41, 5.74) is 0.327. The Balaban J connectivity index is 1.86. The molecular weight excluding hydrogens is 275 g/mol. The van der Waals surface area contributed by atoms with Crippen LogP contribution in [0.15, 0.2) is 24.3 Å². The zero-order valence-electron chi connectivity index (χ0n) is 12.1. The maximum absolute atomic E-state index is 12.8. The van der Waals surface area contributed by atoms with Gasteiger partial charge in [-0.1, -0.05) is 0 Å². The number of carbonyl (C=O) groups excluding carboxylic acids is 2. The van der Waals surface area contributed by atoms with Crippen molar-refractivity contribution < 1.29 is 18.7 Å². The highest BCUT2D eigenvalue weighted by Crippen LogP contribution is 2.10. The molecule has 1 heterocycles. The second kappa shape index (κ2) is 6.67. The van der Waals surface area contributed by atoms with E-state index in [2.05, 4.69) is 5.32 Å². The van der Waals surface area contributed by atoms with Crippen LogP contribution in [0.25, 0.3) is 0 Å². The van der Waals surface area contributed by atoms with Crippen LogP contribution in [0, 0.1) is 5.82 Å². The van der Waals surface area contributed by atoms with Crippen molar-refractivity contribution >= 4 is 11.8 Å². The monoisotopic (exact) mass is 294 g/mol. The molecule has 0 spiro atoms. The minimum absolute atomic E-state index is 0.00880. The lowest BCUT2D eigenvalue weighted by Gasteiger charge is -2.35. The second-order valence-corrected chi connectivity index (χ2v) is 5.25. The van der Waals surface area contributed by atoms with Gasteiger partial charge in [0.2, 0.25) is 5.91 Å². The number of nitrogens with zero attached hydrogens (tertiary/aromatic N) is 1. The highest BCUT2D eigenvalue weighted by molar-refractivity contribution is 5.96. The van der Waals surface area contributed by atoms with Gasteiger partial charge in [0, 0.05) is 18.7 Å². The fraction of sp³-hybridized carbons (Fsp3) is 0.467. The Labute approximate surface area is 123 Å². The van der Waals surface area contributed by atoms with Crippen molar-refractivity contribution in [1.29, 1.82) is 0 Å². The molecule has 1 fully saturated rings. The average molecular weight is 294 g/mol. The SMILES string of the molecule is CC1CN(C(=O)CNC(=O)c2ccc(F)cc2)CC(C)O1. The number of rotatable bonds is 3. The normalized spacial score (nSPS) is 22.0. The molecular formula is C15H19FN2O3. The molecule has 1 aromatic rings. The first-order chi connectivity index (χ1) is 9.95. The summed E-state index contributed by atoms with van der Waals surface area (Å²) in [6.45, 7) is 4.79. The van der Waals surface area contributed by atoms with E-state index in [0.29, 0.717) is 18.7 Å². The quantitative estimate of drug-likeness (QED) is 0.911. The number of hydrogen-bond acceptors (Lipinski definition) is 3. The van der Waals surface area contributed by atoms with Crippen molar-refractivity contribution in [2.75, 3.05) is 19.6 Å². The van der Waals surface area contributed by atoms with Crippen molar-refractivity contribution in [2.45, 2.75) is 26.1 Å². The topological polar surface area (TPSA) is 58.6 Å². The zero-order valence-corrected chi connectivity index (χ0v) is 12.1. The smallest absolute Gasteiger partial charge is 0.251 e. The van der Waals surface area contributed by atoms with Gasteiger partial charge in [0.1, 0.15) is 5.82 Å². The number of morpholine rings is 1. The van der Waals surface area contributed by atoms with Gasteiger partial charge in [-0.3, -0.25) is 9.59 Å². The van der Waals surface area contributed by atoms with Crippen molar-refractivity contribution in [3.05, 3.63) is 35.6 Å². The molecule has 2 atom stereocenters. The molecule has 2 rings (SSSR count). The van der Waals surface area contributed by atoms with Crippen LogP contribution in [0.2, 0.25) is 0 Å². The third kappa shape index (κ3) is 4.26. The van der Waals surface area contributed by atoms with Crippen molar-refractivity contribution in [3.8, 4) is 0 Å². The molecule has 0 aromatic heterocycles. The van der Waals surface area contributed by atoms with Crippen LogP contribution in [0.4, 0.5) is 4.39 Å². The lowest BCUT2D eigenvalue weighted by molar-refractivity contribution is -0.142. The van der Waals surface area contributed by atoms with Crippen LogP contribution in [0.5, 0.6) is 0 Å². The molecule has 0 radical (unpaired) electrons. The van der Waals surface area contributed by atoms with Crippen LogP contribution in [-0.2, 0) is 9.53 Å². The van der Waals surface area contributed by atoms with Gasteiger partial charge in [-0.2, -0.15) is 0 Å². The lowest BCUT2D eigenvalue weighted by atomic mass is 10.2. The Kier molecular flexibility index (Phi) is 4.90. The number of hydrogen-bond donors (Lipinski definition) is 1. The van der Waals surface area contributed by atoms with Gasteiger partial charge in [0.15, 0.2) is 0 Å². The summed E-state index contributed by atoms with van der Waals surface area (Å²) < 4.78 is 18.3. The number of amides is 2. The van der Waals surface area contributed by atoms with E-state index in [1.54, 1.807) is 4.90 Å². The highest BCUT2D eigenvalue weighted by atomic mass is 19.1. The largest absolute Gasteiger partial charge is 0.372 e. The van der Waals surface area contributed by atoms with E-state index >= 15 is 0 Å². The molecule has 6 heteroatoms. The first-order valence-corrected chi connectivity index (χ1v) is 6.92. The maximum atomic E-state index is 12.8. The molecule has 1 aliphatic rings. The molecule has 2 unspecified atom stereocenters. The summed E-state index contributed by atoms with van der Waals surface area (Å²) in [6, 6.07) is 5.19. The molecule has 2 amide bonds. The van der Waals surface area contributed by atoms with E-state index in [9.17, 15) is 14.0 Å². The van der Waals surface area contributed by atoms with Crippen molar-refractivity contribution in [1.82, 2.24) is 10.2 Å². The van der Waals surface area contributed by atoms with Crippen LogP contribution < -0.4 is 5.32 Å². The number of benzene rings is 1. The molecule has 1 aliphatic heterocycles. The van der Waals surface area contributed by atoms with Crippen LogP contribution >= 0.6 is 0 Å². The number of halogens is 1. The number of carbonyl (C=O) groups is 2. The molecule has 5 nitrogen and oxygen atoms in total. The van der Waals surface area contributed by atoms with E-state index < -0.39 is 11.7 Å². The van der Waals surface area contributed by atoms with Crippen LogP contribution in [0.1, 0.15) is 24.2 Å². The Morgan fingerprint density at radius 3 is 2.38 bits per heavy atom. The van der Waals surface area contributed by atoms with Crippen molar-refractivity contribution in [2.24, 2.45) is 0 Å². The van der Waals surface area contributed by atoms with Gasteiger partial charge in [0.25, 0.3) is 5.91 Å². The van der Waals surface area contributed by atoms with Gasteiger partial charge in [0.05, 0.1) is 18.8 Å². The van der Waals surface area contributed by atoms with E-state index in [1.165, 1.54) is 24.3 Å². The minimum atomic E-state index is -0.404. The predicted molar refractivity (Wildman–Crippen MR) is 75.3 cm³/mol. The summed E-state index contributed by atoms with van der Waals surface area (Å²) >= 11 is 0. The van der Waals surface area contributed by atoms with E-state index in [-0.39, 0.29) is 24.7 Å². The second-order valence-electron chi connectivity index (χ2n) is 5.25. The first-order valence-electron chi connectivity index (χ1n) is 6.92. The van der Waals surface area contributed by atoms with E-state index in [1.807, 2.05) is 13.8 Å². The summed E-state index contributed by atoms with van der Waals surface area (Å²) in [7, 11) is 0. The molecule has 1 N–H and O–H groups in total. The molecule has 1 saturated heterocycles. The molecule has 1 aromatic carbocycles.